The summed E-state index contributed by atoms with van der Waals surface area (Å²) in [4.78, 5) is 25.4. The van der Waals surface area contributed by atoms with E-state index in [1.807, 2.05) is 48.0 Å². The topological polar surface area (TPSA) is 62.5 Å². The van der Waals surface area contributed by atoms with Crippen molar-refractivity contribution in [2.45, 2.75) is 19.9 Å². The Morgan fingerprint density at radius 3 is 2.77 bits per heavy atom. The molecule has 3 rings (SSSR count). The number of piperidine rings is 1. The van der Waals surface area contributed by atoms with Gasteiger partial charge in [0.1, 0.15) is 6.54 Å². The molecule has 0 saturated carbocycles. The van der Waals surface area contributed by atoms with E-state index in [1.165, 1.54) is 0 Å². The van der Waals surface area contributed by atoms with Crippen molar-refractivity contribution in [3.05, 3.63) is 36.5 Å². The van der Waals surface area contributed by atoms with Gasteiger partial charge in [-0.2, -0.15) is 0 Å². The van der Waals surface area contributed by atoms with Crippen LogP contribution < -0.4 is 0 Å². The molecule has 1 aromatic carbocycles. The highest BCUT2D eigenvalue weighted by molar-refractivity contribution is 5.83. The van der Waals surface area contributed by atoms with E-state index in [9.17, 15) is 14.7 Å². The van der Waals surface area contributed by atoms with Crippen LogP contribution in [-0.4, -0.2) is 39.5 Å². The van der Waals surface area contributed by atoms with E-state index < -0.39 is 11.9 Å². The summed E-state index contributed by atoms with van der Waals surface area (Å²) in [5, 5.41) is 10.3. The van der Waals surface area contributed by atoms with E-state index in [1.54, 1.807) is 4.90 Å². The number of rotatable bonds is 3. The number of carbonyl (C=O) groups is 2. The fraction of sp³-hybridized carbons (Fsp3) is 0.412. The summed E-state index contributed by atoms with van der Waals surface area (Å²) >= 11 is 0. The van der Waals surface area contributed by atoms with Gasteiger partial charge in [0.25, 0.3) is 0 Å². The van der Waals surface area contributed by atoms with Gasteiger partial charge in [0, 0.05) is 24.8 Å². The van der Waals surface area contributed by atoms with Crippen molar-refractivity contribution in [1.82, 2.24) is 9.47 Å². The van der Waals surface area contributed by atoms with Crippen LogP contribution in [0.1, 0.15) is 13.3 Å². The lowest BCUT2D eigenvalue weighted by molar-refractivity contribution is -0.147. The predicted octanol–water partition coefficient (Wildman–Crippen LogP) is 2.21. The third-order valence-corrected chi connectivity index (χ3v) is 4.35. The summed E-state index contributed by atoms with van der Waals surface area (Å²) in [6.07, 6.45) is 2.55. The summed E-state index contributed by atoms with van der Waals surface area (Å²) in [5.74, 6) is -1.05. The first-order chi connectivity index (χ1) is 10.5. The number of para-hydroxylation sites is 1. The van der Waals surface area contributed by atoms with Gasteiger partial charge in [0.05, 0.1) is 5.92 Å². The number of aliphatic carboxylic acids is 1. The number of carbonyl (C=O) groups excluding carboxylic acids is 1. The van der Waals surface area contributed by atoms with Gasteiger partial charge < -0.3 is 14.6 Å². The first-order valence-electron chi connectivity index (χ1n) is 7.59. The van der Waals surface area contributed by atoms with Crippen molar-refractivity contribution in [1.29, 1.82) is 0 Å². The molecule has 5 nitrogen and oxygen atoms in total. The number of likely N-dealkylation sites (tertiary alicyclic amines) is 1. The van der Waals surface area contributed by atoms with Crippen LogP contribution in [0.25, 0.3) is 10.9 Å². The summed E-state index contributed by atoms with van der Waals surface area (Å²) in [6.45, 7) is 3.21. The van der Waals surface area contributed by atoms with Crippen LogP contribution in [0.3, 0.4) is 0 Å². The second-order valence-corrected chi connectivity index (χ2v) is 6.18. The lowest BCUT2D eigenvalue weighted by Gasteiger charge is -2.34. The Labute approximate surface area is 129 Å². The van der Waals surface area contributed by atoms with Crippen molar-refractivity contribution in [3.63, 3.8) is 0 Å². The maximum Gasteiger partial charge on any atom is 0.308 e. The van der Waals surface area contributed by atoms with E-state index in [-0.39, 0.29) is 18.4 Å². The minimum Gasteiger partial charge on any atom is -0.481 e. The third-order valence-electron chi connectivity index (χ3n) is 4.35. The fourth-order valence-electron chi connectivity index (χ4n) is 3.26. The molecule has 1 N–H and O–H groups in total. The van der Waals surface area contributed by atoms with Crippen molar-refractivity contribution in [3.8, 4) is 0 Å². The zero-order valence-electron chi connectivity index (χ0n) is 12.6. The molecule has 0 radical (unpaired) electrons. The lowest BCUT2D eigenvalue weighted by atomic mass is 9.90. The summed E-state index contributed by atoms with van der Waals surface area (Å²) in [7, 11) is 0. The van der Waals surface area contributed by atoms with Gasteiger partial charge in [-0.05, 0) is 29.9 Å². The van der Waals surface area contributed by atoms with Crippen LogP contribution in [0.4, 0.5) is 0 Å². The summed E-state index contributed by atoms with van der Waals surface area (Å²) < 4.78 is 1.92. The highest BCUT2D eigenvalue weighted by Gasteiger charge is 2.31. The second-order valence-electron chi connectivity index (χ2n) is 6.18. The number of nitrogens with zero attached hydrogens (tertiary/aromatic N) is 2. The third kappa shape index (κ3) is 2.84. The standard InChI is InChI=1S/C17H20N2O3/c1-12-8-14(17(21)22)10-19(9-12)16(20)11-18-7-6-13-4-2-3-5-15(13)18/h2-7,12,14H,8-11H2,1H3,(H,21,22). The largest absolute Gasteiger partial charge is 0.481 e. The summed E-state index contributed by atoms with van der Waals surface area (Å²) in [6, 6.07) is 9.91. The average molecular weight is 300 g/mol. The molecule has 0 bridgehead atoms. The van der Waals surface area contributed by atoms with E-state index >= 15 is 0 Å². The van der Waals surface area contributed by atoms with Crippen molar-refractivity contribution < 1.29 is 14.7 Å². The molecule has 2 heterocycles. The molecule has 1 aliphatic heterocycles. The Kier molecular flexibility index (Phi) is 3.88. The minimum atomic E-state index is -0.809. The molecule has 1 amide bonds. The van der Waals surface area contributed by atoms with Crippen LogP contribution in [-0.2, 0) is 16.1 Å². The first kappa shape index (κ1) is 14.6. The number of fused-ring (bicyclic) bond motifs is 1. The van der Waals surface area contributed by atoms with Crippen molar-refractivity contribution in [2.75, 3.05) is 13.1 Å². The maximum atomic E-state index is 12.5. The number of aromatic nitrogens is 1. The van der Waals surface area contributed by atoms with Gasteiger partial charge in [-0.1, -0.05) is 25.1 Å². The number of carboxylic acid groups (broad SMARTS) is 1. The maximum absolute atomic E-state index is 12.5. The molecule has 1 fully saturated rings. The number of amides is 1. The summed E-state index contributed by atoms with van der Waals surface area (Å²) in [5.41, 5.74) is 1.02. The molecule has 0 aliphatic carbocycles. The molecular weight excluding hydrogens is 280 g/mol. The zero-order chi connectivity index (χ0) is 15.7. The fourth-order valence-corrected chi connectivity index (χ4v) is 3.26. The first-order valence-corrected chi connectivity index (χ1v) is 7.59. The average Bonchev–Trinajstić information content (AvgIpc) is 2.90. The van der Waals surface area contributed by atoms with E-state index in [4.69, 9.17) is 0 Å². The van der Waals surface area contributed by atoms with E-state index in [0.29, 0.717) is 19.5 Å². The molecular formula is C17H20N2O3. The highest BCUT2D eigenvalue weighted by atomic mass is 16.4. The van der Waals surface area contributed by atoms with Gasteiger partial charge in [0.2, 0.25) is 5.91 Å². The number of hydrogen-bond acceptors (Lipinski definition) is 2. The van der Waals surface area contributed by atoms with E-state index in [2.05, 4.69) is 0 Å². The predicted molar refractivity (Wildman–Crippen MR) is 83.4 cm³/mol. The van der Waals surface area contributed by atoms with Crippen LogP contribution in [0, 0.1) is 11.8 Å². The van der Waals surface area contributed by atoms with Gasteiger partial charge in [-0.25, -0.2) is 0 Å². The molecule has 0 spiro atoms. The molecule has 1 aliphatic rings. The Balaban J connectivity index is 1.75. The van der Waals surface area contributed by atoms with Crippen molar-refractivity contribution >= 4 is 22.8 Å². The molecule has 22 heavy (non-hydrogen) atoms. The quantitative estimate of drug-likeness (QED) is 0.945. The van der Waals surface area contributed by atoms with Crippen molar-refractivity contribution in [2.24, 2.45) is 11.8 Å². The molecule has 1 aromatic heterocycles. The van der Waals surface area contributed by atoms with Crippen LogP contribution in [0.15, 0.2) is 36.5 Å². The van der Waals surface area contributed by atoms with Gasteiger partial charge in [-0.15, -0.1) is 0 Å². The SMILES string of the molecule is CC1CC(C(=O)O)CN(C(=O)Cn2ccc3ccccc32)C1. The molecule has 116 valence electrons. The van der Waals surface area contributed by atoms with Crippen LogP contribution >= 0.6 is 0 Å². The minimum absolute atomic E-state index is 0.0147. The van der Waals surface area contributed by atoms with E-state index in [0.717, 1.165) is 10.9 Å². The number of benzene rings is 1. The Bertz CT molecular complexity index is 707. The molecule has 2 atom stereocenters. The lowest BCUT2D eigenvalue weighted by Crippen LogP contribution is -2.46. The molecule has 5 heteroatoms. The molecule has 2 unspecified atom stereocenters. The highest BCUT2D eigenvalue weighted by Crippen LogP contribution is 2.22. The van der Waals surface area contributed by atoms with Gasteiger partial charge in [0.15, 0.2) is 0 Å². The zero-order valence-corrected chi connectivity index (χ0v) is 12.6. The monoisotopic (exact) mass is 300 g/mol. The smallest absolute Gasteiger partial charge is 0.308 e. The number of hydrogen-bond donors (Lipinski definition) is 1. The molecule has 2 aromatic rings. The normalized spacial score (nSPS) is 22.0. The van der Waals surface area contributed by atoms with Gasteiger partial charge in [-0.3, -0.25) is 9.59 Å². The Morgan fingerprint density at radius 1 is 1.23 bits per heavy atom. The molecule has 1 saturated heterocycles. The van der Waals surface area contributed by atoms with Crippen LogP contribution in [0.2, 0.25) is 0 Å². The Hall–Kier alpha value is -2.30. The number of carboxylic acids is 1. The Morgan fingerprint density at radius 2 is 2.00 bits per heavy atom. The second kappa shape index (κ2) is 5.83. The van der Waals surface area contributed by atoms with Gasteiger partial charge >= 0.3 is 5.97 Å². The van der Waals surface area contributed by atoms with Crippen LogP contribution in [0.5, 0.6) is 0 Å².